The van der Waals surface area contributed by atoms with Crippen LogP contribution >= 0.6 is 11.6 Å². The van der Waals surface area contributed by atoms with E-state index in [1.165, 1.54) is 11.1 Å². The number of nitrogens with zero attached hydrogens (tertiary/aromatic N) is 1. The van der Waals surface area contributed by atoms with Gasteiger partial charge in [-0.05, 0) is 42.5 Å². The van der Waals surface area contributed by atoms with Gasteiger partial charge in [0, 0.05) is 43.2 Å². The molecule has 0 radical (unpaired) electrons. The van der Waals surface area contributed by atoms with Crippen molar-refractivity contribution in [3.8, 4) is 0 Å². The van der Waals surface area contributed by atoms with E-state index in [9.17, 15) is 0 Å². The first kappa shape index (κ1) is 18.0. The molecule has 4 heteroatoms. The molecule has 1 aliphatic carbocycles. The Kier molecular flexibility index (Phi) is 5.30. The molecular formula is C22H26ClFN2. The maximum absolute atomic E-state index is 15.1. The van der Waals surface area contributed by atoms with E-state index in [4.69, 9.17) is 11.6 Å². The molecule has 2 fully saturated rings. The summed E-state index contributed by atoms with van der Waals surface area (Å²) >= 11 is 5.94. The lowest BCUT2D eigenvalue weighted by Crippen LogP contribution is -2.47. The third kappa shape index (κ3) is 4.46. The van der Waals surface area contributed by atoms with Gasteiger partial charge in [-0.15, -0.1) is 0 Å². The fraction of sp³-hybridized carbons (Fsp3) is 0.455. The van der Waals surface area contributed by atoms with E-state index in [1.807, 2.05) is 18.2 Å². The van der Waals surface area contributed by atoms with E-state index in [0.717, 1.165) is 31.1 Å². The summed E-state index contributed by atoms with van der Waals surface area (Å²) in [5.74, 6) is 0.560. The number of nitrogens with one attached hydrogen (secondary N) is 1. The summed E-state index contributed by atoms with van der Waals surface area (Å²) < 4.78 is 15.1. The molecule has 1 N–H and O–H groups in total. The van der Waals surface area contributed by atoms with Crippen LogP contribution in [0.4, 0.5) is 4.39 Å². The number of likely N-dealkylation sites (tertiary alicyclic amines) is 1. The Bertz CT molecular complexity index is 711. The van der Waals surface area contributed by atoms with Crippen LogP contribution in [0.15, 0.2) is 54.6 Å². The van der Waals surface area contributed by atoms with E-state index in [-0.39, 0.29) is 0 Å². The first-order valence-corrected chi connectivity index (χ1v) is 9.93. The quantitative estimate of drug-likeness (QED) is 0.784. The van der Waals surface area contributed by atoms with Crippen LogP contribution in [0, 0.1) is 0 Å². The third-order valence-electron chi connectivity index (χ3n) is 5.77. The number of hydrogen-bond donors (Lipinski definition) is 1. The fourth-order valence-corrected chi connectivity index (χ4v) is 4.07. The number of halogens is 2. The number of benzene rings is 2. The molecule has 2 nitrogen and oxygen atoms in total. The van der Waals surface area contributed by atoms with Crippen molar-refractivity contribution < 1.29 is 4.39 Å². The normalized spacial score (nSPS) is 25.2. The van der Waals surface area contributed by atoms with Crippen LogP contribution in [0.2, 0.25) is 5.02 Å². The molecule has 1 saturated heterocycles. The summed E-state index contributed by atoms with van der Waals surface area (Å²) in [5.41, 5.74) is 1.54. The average Bonchev–Trinajstić information content (AvgIpc) is 3.45. The second-order valence-corrected chi connectivity index (χ2v) is 8.23. The Labute approximate surface area is 160 Å². The minimum absolute atomic E-state index is 0.442. The summed E-state index contributed by atoms with van der Waals surface area (Å²) in [6.45, 7) is 2.98. The minimum Gasteiger partial charge on any atom is -0.310 e. The largest absolute Gasteiger partial charge is 0.310 e. The van der Waals surface area contributed by atoms with Crippen LogP contribution in [0.5, 0.6) is 0 Å². The standard InChI is InChI=1S/C22H26ClFN2/c23-19-8-6-17(7-9-19)15-26-12-10-22(24,11-13-26)16-25-21-14-20(21)18-4-2-1-3-5-18/h1-9,20-21,25H,10-16H2. The Hall–Kier alpha value is -1.42. The molecular weight excluding hydrogens is 347 g/mol. The highest BCUT2D eigenvalue weighted by atomic mass is 35.5. The van der Waals surface area contributed by atoms with Crippen LogP contribution in [0.25, 0.3) is 0 Å². The van der Waals surface area contributed by atoms with E-state index >= 15 is 4.39 Å². The summed E-state index contributed by atoms with van der Waals surface area (Å²) in [7, 11) is 0. The highest BCUT2D eigenvalue weighted by Crippen LogP contribution is 2.41. The fourth-order valence-electron chi connectivity index (χ4n) is 3.94. The van der Waals surface area contributed by atoms with Crippen molar-refractivity contribution >= 4 is 11.6 Å². The Balaban J connectivity index is 1.22. The molecule has 1 aliphatic heterocycles. The van der Waals surface area contributed by atoms with E-state index in [2.05, 4.69) is 46.6 Å². The van der Waals surface area contributed by atoms with Crippen LogP contribution in [-0.4, -0.2) is 36.2 Å². The highest BCUT2D eigenvalue weighted by Gasteiger charge is 2.41. The van der Waals surface area contributed by atoms with Crippen molar-refractivity contribution in [2.75, 3.05) is 19.6 Å². The first-order valence-electron chi connectivity index (χ1n) is 9.55. The third-order valence-corrected chi connectivity index (χ3v) is 6.02. The number of piperidine rings is 1. The molecule has 4 rings (SSSR count). The summed E-state index contributed by atoms with van der Waals surface area (Å²) in [6, 6.07) is 18.9. The van der Waals surface area contributed by atoms with Gasteiger partial charge < -0.3 is 5.32 Å². The van der Waals surface area contributed by atoms with E-state index in [1.54, 1.807) is 0 Å². The number of rotatable bonds is 6. The van der Waals surface area contributed by atoms with Crippen LogP contribution in [-0.2, 0) is 6.54 Å². The Morgan fingerprint density at radius 3 is 2.42 bits per heavy atom. The van der Waals surface area contributed by atoms with Crippen LogP contribution in [0.3, 0.4) is 0 Å². The first-order chi connectivity index (χ1) is 12.6. The molecule has 0 spiro atoms. The maximum Gasteiger partial charge on any atom is 0.125 e. The molecule has 138 valence electrons. The van der Waals surface area contributed by atoms with Crippen molar-refractivity contribution in [3.05, 3.63) is 70.7 Å². The van der Waals surface area contributed by atoms with Crippen LogP contribution in [0.1, 0.15) is 36.3 Å². The molecule has 2 aliphatic rings. The van der Waals surface area contributed by atoms with E-state index in [0.29, 0.717) is 31.3 Å². The molecule has 0 amide bonds. The van der Waals surface area contributed by atoms with Gasteiger partial charge in [0.2, 0.25) is 0 Å². The van der Waals surface area contributed by atoms with Gasteiger partial charge in [-0.3, -0.25) is 4.90 Å². The summed E-state index contributed by atoms with van der Waals surface area (Å²) in [6.07, 6.45) is 2.34. The number of alkyl halides is 1. The highest BCUT2D eigenvalue weighted by molar-refractivity contribution is 6.30. The molecule has 1 saturated carbocycles. The van der Waals surface area contributed by atoms with Crippen molar-refractivity contribution in [2.24, 2.45) is 0 Å². The lowest BCUT2D eigenvalue weighted by Gasteiger charge is -2.36. The summed E-state index contributed by atoms with van der Waals surface area (Å²) in [5, 5.41) is 4.24. The second-order valence-electron chi connectivity index (χ2n) is 7.79. The van der Waals surface area contributed by atoms with Crippen molar-refractivity contribution in [1.29, 1.82) is 0 Å². The smallest absolute Gasteiger partial charge is 0.125 e. The van der Waals surface area contributed by atoms with Gasteiger partial charge in [0.25, 0.3) is 0 Å². The summed E-state index contributed by atoms with van der Waals surface area (Å²) in [4.78, 5) is 2.34. The maximum atomic E-state index is 15.1. The predicted molar refractivity (Wildman–Crippen MR) is 105 cm³/mol. The topological polar surface area (TPSA) is 15.3 Å². The molecule has 0 bridgehead atoms. The molecule has 2 aromatic carbocycles. The lowest BCUT2D eigenvalue weighted by atomic mass is 9.93. The van der Waals surface area contributed by atoms with Gasteiger partial charge >= 0.3 is 0 Å². The molecule has 2 aromatic rings. The molecule has 0 aromatic heterocycles. The molecule has 1 heterocycles. The van der Waals surface area contributed by atoms with Gasteiger partial charge in [-0.1, -0.05) is 54.1 Å². The minimum atomic E-state index is -1.07. The zero-order valence-corrected chi connectivity index (χ0v) is 15.8. The Morgan fingerprint density at radius 2 is 1.73 bits per heavy atom. The Morgan fingerprint density at radius 1 is 1.04 bits per heavy atom. The van der Waals surface area contributed by atoms with Gasteiger partial charge in [-0.2, -0.15) is 0 Å². The number of hydrogen-bond acceptors (Lipinski definition) is 2. The second kappa shape index (κ2) is 7.67. The van der Waals surface area contributed by atoms with Gasteiger partial charge in [0.05, 0.1) is 0 Å². The average molecular weight is 373 g/mol. The van der Waals surface area contributed by atoms with E-state index < -0.39 is 5.67 Å². The molecule has 2 atom stereocenters. The monoisotopic (exact) mass is 372 g/mol. The predicted octanol–water partition coefficient (Wildman–Crippen LogP) is 4.79. The van der Waals surface area contributed by atoms with Gasteiger partial charge in [0.1, 0.15) is 5.67 Å². The van der Waals surface area contributed by atoms with Crippen LogP contribution < -0.4 is 5.32 Å². The molecule has 2 unspecified atom stereocenters. The zero-order valence-electron chi connectivity index (χ0n) is 15.0. The SMILES string of the molecule is FC1(CNC2CC2c2ccccc2)CCN(Cc2ccc(Cl)cc2)CC1. The van der Waals surface area contributed by atoms with Crippen molar-refractivity contribution in [1.82, 2.24) is 10.2 Å². The lowest BCUT2D eigenvalue weighted by molar-refractivity contribution is 0.0544. The van der Waals surface area contributed by atoms with Gasteiger partial charge in [0.15, 0.2) is 0 Å². The van der Waals surface area contributed by atoms with Crippen molar-refractivity contribution in [3.63, 3.8) is 0 Å². The van der Waals surface area contributed by atoms with Crippen molar-refractivity contribution in [2.45, 2.75) is 43.4 Å². The molecule has 26 heavy (non-hydrogen) atoms. The van der Waals surface area contributed by atoms with Gasteiger partial charge in [-0.25, -0.2) is 4.39 Å². The zero-order chi connectivity index (χ0) is 18.0.